The van der Waals surface area contributed by atoms with E-state index in [1.54, 1.807) is 0 Å². The molecule has 4 heteroatoms. The molecule has 2 aromatic carbocycles. The van der Waals surface area contributed by atoms with E-state index < -0.39 is 17.7 Å². The van der Waals surface area contributed by atoms with Gasteiger partial charge in [0.2, 0.25) is 0 Å². The zero-order valence-electron chi connectivity index (χ0n) is 10.4. The second kappa shape index (κ2) is 4.53. The Morgan fingerprint density at radius 3 is 2.63 bits per heavy atom. The van der Waals surface area contributed by atoms with Crippen LogP contribution >= 0.6 is 0 Å². The van der Waals surface area contributed by atoms with Gasteiger partial charge in [-0.25, -0.2) is 8.78 Å². The van der Waals surface area contributed by atoms with Crippen molar-refractivity contribution >= 4 is 5.69 Å². The molecule has 0 aromatic heterocycles. The Balaban J connectivity index is 1.96. The molecule has 0 fully saturated rings. The van der Waals surface area contributed by atoms with Crippen LogP contribution in [0.3, 0.4) is 0 Å². The average Bonchev–Trinajstić information content (AvgIpc) is 2.38. The summed E-state index contributed by atoms with van der Waals surface area (Å²) in [6, 6.07) is 9.49. The maximum Gasteiger partial charge on any atom is 0.147 e. The minimum Gasteiger partial charge on any atom is -0.481 e. The number of hydrogen-bond acceptors (Lipinski definition) is 2. The number of rotatable bonds is 1. The Morgan fingerprint density at radius 1 is 1.16 bits per heavy atom. The molecule has 0 saturated heterocycles. The zero-order chi connectivity index (χ0) is 13.4. The standard InChI is InChI=1S/C15H13F2NO/c1-9-5-6-13-12(7-9)18-8-14(19-13)15-10(16)3-2-4-11(15)17/h2-7,14,18H,8H2,1H3. The van der Waals surface area contributed by atoms with Crippen LogP contribution < -0.4 is 10.1 Å². The van der Waals surface area contributed by atoms with Crippen LogP contribution in [0.1, 0.15) is 17.2 Å². The minimum atomic E-state index is -0.656. The van der Waals surface area contributed by atoms with E-state index in [0.717, 1.165) is 11.3 Å². The van der Waals surface area contributed by atoms with Crippen molar-refractivity contribution in [1.29, 1.82) is 0 Å². The van der Waals surface area contributed by atoms with E-state index in [9.17, 15) is 8.78 Å². The van der Waals surface area contributed by atoms with Crippen molar-refractivity contribution in [1.82, 2.24) is 0 Å². The monoisotopic (exact) mass is 261 g/mol. The average molecular weight is 261 g/mol. The molecular weight excluding hydrogens is 248 g/mol. The third-order valence-corrected chi connectivity index (χ3v) is 3.20. The van der Waals surface area contributed by atoms with Gasteiger partial charge in [0.1, 0.15) is 23.5 Å². The van der Waals surface area contributed by atoms with Crippen LogP contribution in [-0.2, 0) is 0 Å². The number of nitrogens with one attached hydrogen (secondary N) is 1. The zero-order valence-corrected chi connectivity index (χ0v) is 10.4. The molecular formula is C15H13F2NO. The number of benzene rings is 2. The maximum atomic E-state index is 13.7. The van der Waals surface area contributed by atoms with Crippen molar-refractivity contribution in [2.75, 3.05) is 11.9 Å². The van der Waals surface area contributed by atoms with Crippen LogP contribution in [0, 0.1) is 18.6 Å². The van der Waals surface area contributed by atoms with Gasteiger partial charge in [-0.3, -0.25) is 0 Å². The second-order valence-electron chi connectivity index (χ2n) is 4.62. The van der Waals surface area contributed by atoms with Crippen LogP contribution in [0.4, 0.5) is 14.5 Å². The van der Waals surface area contributed by atoms with Crippen molar-refractivity contribution in [3.8, 4) is 5.75 Å². The van der Waals surface area contributed by atoms with Crippen molar-refractivity contribution < 1.29 is 13.5 Å². The predicted octanol–water partition coefficient (Wildman–Crippen LogP) is 3.82. The summed E-state index contributed by atoms with van der Waals surface area (Å²) in [6.07, 6.45) is -0.656. The summed E-state index contributed by atoms with van der Waals surface area (Å²) < 4.78 is 33.1. The quantitative estimate of drug-likeness (QED) is 0.842. The highest BCUT2D eigenvalue weighted by Crippen LogP contribution is 2.36. The van der Waals surface area contributed by atoms with Crippen molar-refractivity contribution in [2.24, 2.45) is 0 Å². The summed E-state index contributed by atoms with van der Waals surface area (Å²) in [5.41, 5.74) is 1.93. The fourth-order valence-corrected chi connectivity index (χ4v) is 2.26. The molecule has 1 N–H and O–H groups in total. The van der Waals surface area contributed by atoms with Gasteiger partial charge >= 0.3 is 0 Å². The van der Waals surface area contributed by atoms with E-state index in [2.05, 4.69) is 5.32 Å². The first-order chi connectivity index (χ1) is 9.15. The minimum absolute atomic E-state index is 0.0266. The largest absolute Gasteiger partial charge is 0.481 e. The van der Waals surface area contributed by atoms with Crippen LogP contribution in [0.5, 0.6) is 5.75 Å². The molecule has 2 aromatic rings. The summed E-state index contributed by atoms with van der Waals surface area (Å²) >= 11 is 0. The fraction of sp³-hybridized carbons (Fsp3) is 0.200. The van der Waals surface area contributed by atoms with E-state index in [1.165, 1.54) is 18.2 Å². The third kappa shape index (κ3) is 2.14. The predicted molar refractivity (Wildman–Crippen MR) is 69.4 cm³/mol. The Hall–Kier alpha value is -2.10. The van der Waals surface area contributed by atoms with Gasteiger partial charge in [0.15, 0.2) is 0 Å². The molecule has 19 heavy (non-hydrogen) atoms. The summed E-state index contributed by atoms with van der Waals surface area (Å²) in [6.45, 7) is 2.32. The van der Waals surface area contributed by atoms with Crippen LogP contribution in [0.2, 0.25) is 0 Å². The molecule has 0 spiro atoms. The van der Waals surface area contributed by atoms with Crippen LogP contribution in [0.15, 0.2) is 36.4 Å². The molecule has 1 unspecified atom stereocenters. The first-order valence-electron chi connectivity index (χ1n) is 6.10. The summed E-state index contributed by atoms with van der Waals surface area (Å²) in [7, 11) is 0. The molecule has 98 valence electrons. The highest BCUT2D eigenvalue weighted by Gasteiger charge is 2.26. The smallest absolute Gasteiger partial charge is 0.147 e. The lowest BCUT2D eigenvalue weighted by Crippen LogP contribution is -2.25. The van der Waals surface area contributed by atoms with Gasteiger partial charge in [0.05, 0.1) is 17.8 Å². The van der Waals surface area contributed by atoms with E-state index in [4.69, 9.17) is 4.74 Å². The lowest BCUT2D eigenvalue weighted by Gasteiger charge is -2.28. The van der Waals surface area contributed by atoms with E-state index in [0.29, 0.717) is 12.3 Å². The van der Waals surface area contributed by atoms with Crippen molar-refractivity contribution in [3.05, 3.63) is 59.2 Å². The summed E-state index contributed by atoms with van der Waals surface area (Å²) in [4.78, 5) is 0. The number of halogens is 2. The molecule has 1 aliphatic rings. The van der Waals surface area contributed by atoms with E-state index in [1.807, 2.05) is 25.1 Å². The molecule has 0 amide bonds. The van der Waals surface area contributed by atoms with Gasteiger partial charge in [-0.05, 0) is 36.8 Å². The van der Waals surface area contributed by atoms with Gasteiger partial charge in [-0.1, -0.05) is 12.1 Å². The van der Waals surface area contributed by atoms with Gasteiger partial charge in [-0.2, -0.15) is 0 Å². The van der Waals surface area contributed by atoms with Crippen LogP contribution in [0.25, 0.3) is 0 Å². The highest BCUT2D eigenvalue weighted by atomic mass is 19.1. The Labute approximate surface area is 110 Å². The molecule has 0 aliphatic carbocycles. The molecule has 1 atom stereocenters. The van der Waals surface area contributed by atoms with Crippen molar-refractivity contribution in [2.45, 2.75) is 13.0 Å². The first kappa shape index (κ1) is 12.0. The second-order valence-corrected chi connectivity index (χ2v) is 4.62. The molecule has 0 saturated carbocycles. The Morgan fingerprint density at radius 2 is 1.89 bits per heavy atom. The Bertz CT molecular complexity index is 607. The van der Waals surface area contributed by atoms with Gasteiger partial charge < -0.3 is 10.1 Å². The highest BCUT2D eigenvalue weighted by molar-refractivity contribution is 5.59. The van der Waals surface area contributed by atoms with Gasteiger partial charge in [0.25, 0.3) is 0 Å². The fourth-order valence-electron chi connectivity index (χ4n) is 2.26. The molecule has 0 bridgehead atoms. The number of aryl methyl sites for hydroxylation is 1. The summed E-state index contributed by atoms with van der Waals surface area (Å²) in [5, 5.41) is 3.15. The summed E-state index contributed by atoms with van der Waals surface area (Å²) in [5.74, 6) is -0.547. The number of hydrogen-bond donors (Lipinski definition) is 1. The lowest BCUT2D eigenvalue weighted by atomic mass is 10.1. The topological polar surface area (TPSA) is 21.3 Å². The van der Waals surface area contributed by atoms with Crippen LogP contribution in [-0.4, -0.2) is 6.54 Å². The maximum absolute atomic E-state index is 13.7. The number of ether oxygens (including phenoxy) is 1. The Kier molecular flexibility index (Phi) is 2.85. The third-order valence-electron chi connectivity index (χ3n) is 3.20. The molecule has 2 nitrogen and oxygen atoms in total. The van der Waals surface area contributed by atoms with Crippen molar-refractivity contribution in [3.63, 3.8) is 0 Å². The SMILES string of the molecule is Cc1ccc2c(c1)NCC(c1c(F)cccc1F)O2. The van der Waals surface area contributed by atoms with Gasteiger partial charge in [-0.15, -0.1) is 0 Å². The normalized spacial score (nSPS) is 17.3. The lowest BCUT2D eigenvalue weighted by molar-refractivity contribution is 0.199. The number of anilines is 1. The molecule has 1 aliphatic heterocycles. The molecule has 3 rings (SSSR count). The molecule has 0 radical (unpaired) electrons. The molecule has 1 heterocycles. The first-order valence-corrected chi connectivity index (χ1v) is 6.10. The van der Waals surface area contributed by atoms with E-state index in [-0.39, 0.29) is 5.56 Å². The van der Waals surface area contributed by atoms with Gasteiger partial charge in [0, 0.05) is 0 Å². The number of fused-ring (bicyclic) bond motifs is 1. The van der Waals surface area contributed by atoms with E-state index >= 15 is 0 Å².